The molecule has 1 aromatic carbocycles. The highest BCUT2D eigenvalue weighted by atomic mass is 19.1. The minimum absolute atomic E-state index is 0.239. The van der Waals surface area contributed by atoms with Crippen LogP contribution in [0.5, 0.6) is 0 Å². The fraction of sp³-hybridized carbons (Fsp3) is 0.571. The van der Waals surface area contributed by atoms with Gasteiger partial charge in [-0.2, -0.15) is 0 Å². The summed E-state index contributed by atoms with van der Waals surface area (Å²) in [6, 6.07) is 6.24. The highest BCUT2D eigenvalue weighted by molar-refractivity contribution is 5.42. The van der Waals surface area contributed by atoms with Crippen molar-refractivity contribution < 1.29 is 4.39 Å². The number of benzene rings is 1. The second kappa shape index (κ2) is 5.24. The zero-order valence-corrected chi connectivity index (χ0v) is 11.4. The van der Waals surface area contributed by atoms with Crippen molar-refractivity contribution in [3.63, 3.8) is 0 Å². The third-order valence-electron chi connectivity index (χ3n) is 3.94. The molecule has 0 bridgehead atoms. The summed E-state index contributed by atoms with van der Waals surface area (Å²) in [5, 5.41) is 0. The van der Waals surface area contributed by atoms with Crippen LogP contribution in [-0.4, -0.2) is 42.0 Å². The maximum absolute atomic E-state index is 13.9. The molecule has 100 valence electrons. The average molecular weight is 251 g/mol. The molecule has 2 unspecified atom stereocenters. The van der Waals surface area contributed by atoms with Crippen LogP contribution < -0.4 is 5.73 Å². The Morgan fingerprint density at radius 1 is 1.28 bits per heavy atom. The topological polar surface area (TPSA) is 32.5 Å². The highest BCUT2D eigenvalue weighted by Gasteiger charge is 2.26. The normalized spacial score (nSPS) is 26.4. The molecule has 0 aromatic heterocycles. The molecule has 3 nitrogen and oxygen atoms in total. The number of nitrogens with zero attached hydrogens (tertiary/aromatic N) is 2. The summed E-state index contributed by atoms with van der Waals surface area (Å²) in [7, 11) is 2.15. The molecular weight excluding hydrogens is 229 g/mol. The van der Waals surface area contributed by atoms with E-state index in [-0.39, 0.29) is 11.5 Å². The van der Waals surface area contributed by atoms with Gasteiger partial charge in [0.15, 0.2) is 5.82 Å². The molecule has 0 radical (unpaired) electrons. The second-order valence-corrected chi connectivity index (χ2v) is 5.38. The summed E-state index contributed by atoms with van der Waals surface area (Å²) in [5.41, 5.74) is 6.53. The first-order valence-electron chi connectivity index (χ1n) is 6.46. The molecule has 0 spiro atoms. The first-order chi connectivity index (χ1) is 8.49. The standard InChI is InChI=1S/C14H22FN3/c1-10-7-18(8-11(2)17(10)3)9-12-5-4-6-13(16)14(12)15/h4-6,10-11H,7-9,16H2,1-3H3. The molecule has 1 aliphatic rings. The highest BCUT2D eigenvalue weighted by Crippen LogP contribution is 2.20. The minimum atomic E-state index is -0.267. The van der Waals surface area contributed by atoms with Gasteiger partial charge < -0.3 is 5.73 Å². The molecule has 2 N–H and O–H groups in total. The van der Waals surface area contributed by atoms with E-state index in [1.54, 1.807) is 6.07 Å². The largest absolute Gasteiger partial charge is 0.396 e. The Balaban J connectivity index is 2.08. The number of halogens is 1. The van der Waals surface area contributed by atoms with E-state index in [4.69, 9.17) is 5.73 Å². The van der Waals surface area contributed by atoms with Crippen molar-refractivity contribution in [1.29, 1.82) is 0 Å². The number of nitrogen functional groups attached to an aromatic ring is 1. The van der Waals surface area contributed by atoms with Gasteiger partial charge in [0.05, 0.1) is 5.69 Å². The molecule has 1 aromatic rings. The molecule has 1 saturated heterocycles. The Kier molecular flexibility index (Phi) is 3.88. The number of likely N-dealkylation sites (N-methyl/N-ethyl adjacent to an activating group) is 1. The van der Waals surface area contributed by atoms with E-state index >= 15 is 0 Å². The lowest BCUT2D eigenvalue weighted by Crippen LogP contribution is -2.54. The summed E-state index contributed by atoms with van der Waals surface area (Å²) in [4.78, 5) is 4.67. The summed E-state index contributed by atoms with van der Waals surface area (Å²) in [5.74, 6) is -0.267. The quantitative estimate of drug-likeness (QED) is 0.815. The molecule has 0 amide bonds. The number of hydrogen-bond acceptors (Lipinski definition) is 3. The minimum Gasteiger partial charge on any atom is -0.396 e. The van der Waals surface area contributed by atoms with Gasteiger partial charge in [0.25, 0.3) is 0 Å². The zero-order valence-electron chi connectivity index (χ0n) is 11.4. The average Bonchev–Trinajstić information content (AvgIpc) is 2.32. The van der Waals surface area contributed by atoms with Crippen molar-refractivity contribution in [2.45, 2.75) is 32.5 Å². The van der Waals surface area contributed by atoms with Crippen LogP contribution in [0.1, 0.15) is 19.4 Å². The number of hydrogen-bond donors (Lipinski definition) is 1. The summed E-state index contributed by atoms with van der Waals surface area (Å²) in [6.07, 6.45) is 0. The Morgan fingerprint density at radius 2 is 1.89 bits per heavy atom. The Morgan fingerprint density at radius 3 is 2.50 bits per heavy atom. The molecule has 2 rings (SSSR count). The van der Waals surface area contributed by atoms with E-state index in [1.165, 1.54) is 0 Å². The molecule has 1 aliphatic heterocycles. The van der Waals surface area contributed by atoms with E-state index in [9.17, 15) is 4.39 Å². The summed E-state index contributed by atoms with van der Waals surface area (Å²) < 4.78 is 13.9. The van der Waals surface area contributed by atoms with Gasteiger partial charge in [-0.25, -0.2) is 4.39 Å². The van der Waals surface area contributed by atoms with Gasteiger partial charge in [-0.1, -0.05) is 12.1 Å². The van der Waals surface area contributed by atoms with E-state index in [2.05, 4.69) is 30.7 Å². The number of piperazine rings is 1. The third kappa shape index (κ3) is 2.65. The third-order valence-corrected chi connectivity index (χ3v) is 3.94. The summed E-state index contributed by atoms with van der Waals surface area (Å²) in [6.45, 7) is 6.99. The fourth-order valence-corrected chi connectivity index (χ4v) is 2.61. The van der Waals surface area contributed by atoms with E-state index in [1.807, 2.05) is 12.1 Å². The van der Waals surface area contributed by atoms with Crippen molar-refractivity contribution in [1.82, 2.24) is 9.80 Å². The van der Waals surface area contributed by atoms with Gasteiger partial charge in [-0.15, -0.1) is 0 Å². The monoisotopic (exact) mass is 251 g/mol. The SMILES string of the molecule is CC1CN(Cc2cccc(N)c2F)CC(C)N1C. The van der Waals surface area contributed by atoms with Crippen LogP contribution in [0.2, 0.25) is 0 Å². The van der Waals surface area contributed by atoms with Crippen LogP contribution in [0, 0.1) is 5.82 Å². The molecule has 2 atom stereocenters. The van der Waals surface area contributed by atoms with Crippen LogP contribution in [0.25, 0.3) is 0 Å². The van der Waals surface area contributed by atoms with Crippen molar-refractivity contribution >= 4 is 5.69 Å². The van der Waals surface area contributed by atoms with Crippen LogP contribution in [0.15, 0.2) is 18.2 Å². The van der Waals surface area contributed by atoms with Crippen LogP contribution in [0.4, 0.5) is 10.1 Å². The lowest BCUT2D eigenvalue weighted by molar-refractivity contribution is 0.0550. The lowest BCUT2D eigenvalue weighted by atomic mass is 10.1. The Bertz CT molecular complexity index is 410. The number of rotatable bonds is 2. The van der Waals surface area contributed by atoms with Crippen LogP contribution in [-0.2, 0) is 6.54 Å². The van der Waals surface area contributed by atoms with Crippen molar-refractivity contribution in [3.05, 3.63) is 29.6 Å². The number of anilines is 1. The maximum Gasteiger partial charge on any atom is 0.150 e. The van der Waals surface area contributed by atoms with Gasteiger partial charge in [0.2, 0.25) is 0 Å². The van der Waals surface area contributed by atoms with Gasteiger partial charge in [-0.05, 0) is 27.0 Å². The zero-order chi connectivity index (χ0) is 13.3. The van der Waals surface area contributed by atoms with Crippen LogP contribution in [0.3, 0.4) is 0 Å². The molecule has 1 heterocycles. The molecule has 1 fully saturated rings. The Labute approximate surface area is 108 Å². The van der Waals surface area contributed by atoms with Crippen LogP contribution >= 0.6 is 0 Å². The summed E-state index contributed by atoms with van der Waals surface area (Å²) >= 11 is 0. The Hall–Kier alpha value is -1.13. The van der Waals surface area contributed by atoms with E-state index in [0.29, 0.717) is 24.2 Å². The number of nitrogens with two attached hydrogens (primary N) is 1. The predicted molar refractivity (Wildman–Crippen MR) is 72.8 cm³/mol. The second-order valence-electron chi connectivity index (χ2n) is 5.38. The molecule has 0 saturated carbocycles. The maximum atomic E-state index is 13.9. The van der Waals surface area contributed by atoms with Crippen molar-refractivity contribution in [2.24, 2.45) is 0 Å². The van der Waals surface area contributed by atoms with Gasteiger partial charge in [0.1, 0.15) is 0 Å². The first kappa shape index (κ1) is 13.3. The van der Waals surface area contributed by atoms with Gasteiger partial charge in [-0.3, -0.25) is 9.80 Å². The molecule has 4 heteroatoms. The fourth-order valence-electron chi connectivity index (χ4n) is 2.61. The first-order valence-corrected chi connectivity index (χ1v) is 6.46. The van der Waals surface area contributed by atoms with Crippen molar-refractivity contribution in [2.75, 3.05) is 25.9 Å². The molecule has 18 heavy (non-hydrogen) atoms. The van der Waals surface area contributed by atoms with E-state index in [0.717, 1.165) is 13.1 Å². The molecular formula is C14H22FN3. The molecule has 0 aliphatic carbocycles. The lowest BCUT2D eigenvalue weighted by Gasteiger charge is -2.42. The van der Waals surface area contributed by atoms with Crippen molar-refractivity contribution in [3.8, 4) is 0 Å². The van der Waals surface area contributed by atoms with E-state index < -0.39 is 0 Å². The van der Waals surface area contributed by atoms with Gasteiger partial charge in [0, 0.05) is 37.3 Å². The predicted octanol–water partition coefficient (Wildman–Crippen LogP) is 1.93. The van der Waals surface area contributed by atoms with Gasteiger partial charge >= 0.3 is 0 Å². The smallest absolute Gasteiger partial charge is 0.150 e.